The fourth-order valence-corrected chi connectivity index (χ4v) is 3.81. The van der Waals surface area contributed by atoms with Gasteiger partial charge in [-0.05, 0) is 36.8 Å². The Kier molecular flexibility index (Phi) is 6.17. The highest BCUT2D eigenvalue weighted by molar-refractivity contribution is 7.92. The summed E-state index contributed by atoms with van der Waals surface area (Å²) >= 11 is 0. The van der Waals surface area contributed by atoms with Crippen molar-refractivity contribution in [2.75, 3.05) is 37.4 Å². The van der Waals surface area contributed by atoms with E-state index in [0.717, 1.165) is 16.1 Å². The van der Waals surface area contributed by atoms with Crippen molar-refractivity contribution in [1.29, 1.82) is 0 Å². The quantitative estimate of drug-likeness (QED) is 0.733. The van der Waals surface area contributed by atoms with Gasteiger partial charge in [0, 0.05) is 0 Å². The molecule has 9 heteroatoms. The number of hydrogen-bond acceptors (Lipinski definition) is 6. The van der Waals surface area contributed by atoms with Gasteiger partial charge < -0.3 is 19.5 Å². The number of anilines is 1. The van der Waals surface area contributed by atoms with E-state index in [1.165, 1.54) is 7.11 Å². The van der Waals surface area contributed by atoms with Gasteiger partial charge in [0.1, 0.15) is 25.0 Å². The molecule has 1 heterocycles. The molecule has 2 aromatic rings. The van der Waals surface area contributed by atoms with Crippen molar-refractivity contribution >= 4 is 21.6 Å². The Morgan fingerprint density at radius 3 is 2.66 bits per heavy atom. The van der Waals surface area contributed by atoms with Crippen LogP contribution in [0.25, 0.3) is 0 Å². The molecule has 156 valence electrons. The van der Waals surface area contributed by atoms with E-state index in [0.29, 0.717) is 29.5 Å². The maximum atomic E-state index is 12.5. The summed E-state index contributed by atoms with van der Waals surface area (Å²) in [5.74, 6) is 1.18. The van der Waals surface area contributed by atoms with Crippen LogP contribution in [0, 0.1) is 6.92 Å². The van der Waals surface area contributed by atoms with E-state index in [9.17, 15) is 13.2 Å². The van der Waals surface area contributed by atoms with Crippen LogP contribution >= 0.6 is 0 Å². The van der Waals surface area contributed by atoms with Gasteiger partial charge in [-0.25, -0.2) is 8.42 Å². The topological polar surface area (TPSA) is 94.2 Å². The van der Waals surface area contributed by atoms with Gasteiger partial charge in [-0.15, -0.1) is 0 Å². The lowest BCUT2D eigenvalue weighted by Crippen LogP contribution is -2.45. The van der Waals surface area contributed by atoms with Crippen LogP contribution in [0.4, 0.5) is 5.69 Å². The molecule has 0 saturated carbocycles. The van der Waals surface area contributed by atoms with E-state index < -0.39 is 15.9 Å². The van der Waals surface area contributed by atoms with E-state index in [-0.39, 0.29) is 19.2 Å². The SMILES string of the molecule is COc1ccc(C)cc1N(CC(=O)NCC1COc2ccccc2O1)S(C)(=O)=O. The van der Waals surface area contributed by atoms with E-state index in [4.69, 9.17) is 14.2 Å². The number of carbonyl (C=O) groups is 1. The molecule has 1 aliphatic rings. The summed E-state index contributed by atoms with van der Waals surface area (Å²) in [4.78, 5) is 12.5. The van der Waals surface area contributed by atoms with Crippen LogP contribution in [0.1, 0.15) is 5.56 Å². The van der Waals surface area contributed by atoms with Crippen molar-refractivity contribution in [3.63, 3.8) is 0 Å². The zero-order valence-electron chi connectivity index (χ0n) is 16.5. The number of carbonyl (C=O) groups excluding carboxylic acids is 1. The van der Waals surface area contributed by atoms with Gasteiger partial charge in [0.25, 0.3) is 0 Å². The molecule has 1 aliphatic heterocycles. The minimum absolute atomic E-state index is 0.190. The largest absolute Gasteiger partial charge is 0.495 e. The molecule has 0 radical (unpaired) electrons. The summed E-state index contributed by atoms with van der Waals surface area (Å²) in [6, 6.07) is 12.4. The van der Waals surface area contributed by atoms with Crippen LogP contribution in [0.3, 0.4) is 0 Å². The number of para-hydroxylation sites is 2. The van der Waals surface area contributed by atoms with Crippen LogP contribution in [0.15, 0.2) is 42.5 Å². The molecule has 2 aromatic carbocycles. The van der Waals surface area contributed by atoms with Gasteiger partial charge in [0.2, 0.25) is 15.9 Å². The fourth-order valence-electron chi connectivity index (χ4n) is 2.95. The van der Waals surface area contributed by atoms with Crippen molar-refractivity contribution in [2.45, 2.75) is 13.0 Å². The predicted octanol–water partition coefficient (Wildman–Crippen LogP) is 1.73. The lowest BCUT2D eigenvalue weighted by molar-refractivity contribution is -0.120. The molecule has 0 bridgehead atoms. The normalized spacial score (nSPS) is 15.5. The minimum Gasteiger partial charge on any atom is -0.495 e. The Morgan fingerprint density at radius 2 is 1.97 bits per heavy atom. The first-order chi connectivity index (χ1) is 13.8. The van der Waals surface area contributed by atoms with Gasteiger partial charge in [-0.3, -0.25) is 9.10 Å². The van der Waals surface area contributed by atoms with Crippen LogP contribution in [-0.2, 0) is 14.8 Å². The Bertz CT molecular complexity index is 992. The fraction of sp³-hybridized carbons (Fsp3) is 0.350. The number of fused-ring (bicyclic) bond motifs is 1. The second-order valence-corrected chi connectivity index (χ2v) is 8.65. The highest BCUT2D eigenvalue weighted by Crippen LogP contribution is 2.31. The van der Waals surface area contributed by atoms with Crippen molar-refractivity contribution in [1.82, 2.24) is 5.32 Å². The molecule has 29 heavy (non-hydrogen) atoms. The second-order valence-electron chi connectivity index (χ2n) is 6.75. The van der Waals surface area contributed by atoms with E-state index >= 15 is 0 Å². The molecule has 1 atom stereocenters. The molecular weight excluding hydrogens is 396 g/mol. The van der Waals surface area contributed by atoms with E-state index in [2.05, 4.69) is 5.32 Å². The summed E-state index contributed by atoms with van der Waals surface area (Å²) in [7, 11) is -2.26. The third-order valence-corrected chi connectivity index (χ3v) is 5.51. The Morgan fingerprint density at radius 1 is 1.24 bits per heavy atom. The number of nitrogens with zero attached hydrogens (tertiary/aromatic N) is 1. The Hall–Kier alpha value is -2.94. The number of rotatable bonds is 7. The van der Waals surface area contributed by atoms with Gasteiger partial charge >= 0.3 is 0 Å². The summed E-state index contributed by atoms with van der Waals surface area (Å²) in [5.41, 5.74) is 1.16. The predicted molar refractivity (Wildman–Crippen MR) is 109 cm³/mol. The van der Waals surface area contributed by atoms with Crippen molar-refractivity contribution in [2.24, 2.45) is 0 Å². The maximum absolute atomic E-state index is 12.5. The zero-order chi connectivity index (χ0) is 21.0. The van der Waals surface area contributed by atoms with Crippen LogP contribution in [0.5, 0.6) is 17.2 Å². The lowest BCUT2D eigenvalue weighted by atomic mass is 10.2. The van der Waals surface area contributed by atoms with Crippen molar-refractivity contribution in [3.8, 4) is 17.2 Å². The zero-order valence-corrected chi connectivity index (χ0v) is 17.4. The summed E-state index contributed by atoms with van der Waals surface area (Å²) in [5, 5.41) is 2.72. The van der Waals surface area contributed by atoms with E-state index in [1.54, 1.807) is 24.3 Å². The number of methoxy groups -OCH3 is 1. The molecule has 8 nitrogen and oxygen atoms in total. The van der Waals surface area contributed by atoms with Crippen LogP contribution < -0.4 is 23.8 Å². The van der Waals surface area contributed by atoms with Crippen molar-refractivity contribution < 1.29 is 27.4 Å². The molecule has 3 rings (SSSR count). The first kappa shape index (κ1) is 20.8. The average molecular weight is 420 g/mol. The monoisotopic (exact) mass is 420 g/mol. The lowest BCUT2D eigenvalue weighted by Gasteiger charge is -2.27. The highest BCUT2D eigenvalue weighted by Gasteiger charge is 2.26. The number of benzene rings is 2. The molecule has 0 fully saturated rings. The van der Waals surface area contributed by atoms with Crippen LogP contribution in [-0.4, -0.2) is 53.5 Å². The number of amides is 1. The van der Waals surface area contributed by atoms with Gasteiger partial charge in [-0.1, -0.05) is 18.2 Å². The second kappa shape index (κ2) is 8.60. The van der Waals surface area contributed by atoms with Crippen molar-refractivity contribution in [3.05, 3.63) is 48.0 Å². The van der Waals surface area contributed by atoms with Gasteiger partial charge in [0.05, 0.1) is 25.6 Å². The molecule has 0 aliphatic carbocycles. The first-order valence-electron chi connectivity index (χ1n) is 9.05. The molecule has 1 amide bonds. The Balaban J connectivity index is 1.67. The summed E-state index contributed by atoms with van der Waals surface area (Å²) in [6.45, 7) is 1.94. The number of sulfonamides is 1. The maximum Gasteiger partial charge on any atom is 0.240 e. The van der Waals surface area contributed by atoms with Gasteiger partial charge in [-0.2, -0.15) is 0 Å². The third kappa shape index (κ3) is 5.11. The standard InChI is InChI=1S/C20H24N2O6S/c1-14-8-9-17(26-2)16(10-14)22(29(3,24)25)12-20(23)21-11-15-13-27-18-6-4-5-7-19(18)28-15/h4-10,15H,11-13H2,1-3H3,(H,21,23). The smallest absolute Gasteiger partial charge is 0.240 e. The first-order valence-corrected chi connectivity index (χ1v) is 10.9. The minimum atomic E-state index is -3.71. The molecule has 0 aromatic heterocycles. The number of aryl methyl sites for hydroxylation is 1. The number of nitrogens with one attached hydrogen (secondary N) is 1. The number of hydrogen-bond donors (Lipinski definition) is 1. The molecule has 0 saturated heterocycles. The molecule has 1 unspecified atom stereocenters. The third-order valence-electron chi connectivity index (χ3n) is 4.39. The average Bonchev–Trinajstić information content (AvgIpc) is 2.69. The van der Waals surface area contributed by atoms with Gasteiger partial charge in [0.15, 0.2) is 11.5 Å². The summed E-state index contributed by atoms with van der Waals surface area (Å²) < 4.78 is 42.4. The number of ether oxygens (including phenoxy) is 3. The molecular formula is C20H24N2O6S. The summed E-state index contributed by atoms with van der Waals surface area (Å²) in [6.07, 6.45) is 0.686. The van der Waals surface area contributed by atoms with E-state index in [1.807, 2.05) is 25.1 Å². The Labute approximate surface area is 170 Å². The highest BCUT2D eigenvalue weighted by atomic mass is 32.2. The molecule has 0 spiro atoms. The molecule has 1 N–H and O–H groups in total. The van der Waals surface area contributed by atoms with Crippen LogP contribution in [0.2, 0.25) is 0 Å².